The summed E-state index contributed by atoms with van der Waals surface area (Å²) in [7, 11) is 1.68. The lowest BCUT2D eigenvalue weighted by molar-refractivity contribution is -0.385. The van der Waals surface area contributed by atoms with Crippen LogP contribution in [-0.2, 0) is 23.0 Å². The van der Waals surface area contributed by atoms with Crippen LogP contribution in [0.5, 0.6) is 0 Å². The van der Waals surface area contributed by atoms with Crippen molar-refractivity contribution < 1.29 is 24.4 Å². The van der Waals surface area contributed by atoms with Gasteiger partial charge in [-0.2, -0.15) is 13.5 Å². The van der Waals surface area contributed by atoms with Crippen molar-refractivity contribution >= 4 is 42.4 Å². The van der Waals surface area contributed by atoms with Crippen molar-refractivity contribution in [2.45, 2.75) is 45.3 Å². The van der Waals surface area contributed by atoms with Crippen molar-refractivity contribution in [3.05, 3.63) is 28.2 Å². The van der Waals surface area contributed by atoms with E-state index < -0.39 is 28.6 Å². The Morgan fingerprint density at radius 1 is 1.43 bits per heavy atom. The predicted molar refractivity (Wildman–Crippen MR) is 105 cm³/mol. The van der Waals surface area contributed by atoms with Gasteiger partial charge in [0.25, 0.3) is 5.69 Å². The summed E-state index contributed by atoms with van der Waals surface area (Å²) < 4.78 is 6.70. The Balaban J connectivity index is 0.00000392. The van der Waals surface area contributed by atoms with Gasteiger partial charge in [0.05, 0.1) is 4.92 Å². The predicted octanol–water partition coefficient (Wildman–Crippen LogP) is 1.90. The number of aryl methyl sites for hydroxylation is 2. The molecule has 0 aromatic carbocycles. The number of imidazole rings is 1. The molecule has 0 aliphatic carbocycles. The molecule has 0 bridgehead atoms. The van der Waals surface area contributed by atoms with Gasteiger partial charge in [0, 0.05) is 19.5 Å². The van der Waals surface area contributed by atoms with E-state index in [4.69, 9.17) is 4.74 Å². The quantitative estimate of drug-likeness (QED) is 0.538. The number of carboxylic acids is 1. The van der Waals surface area contributed by atoms with Crippen LogP contribution in [0.4, 0.5) is 10.5 Å². The number of carboxylic acid groups (broad SMARTS) is 1. The normalized spacial score (nSPS) is 12.1. The van der Waals surface area contributed by atoms with E-state index >= 15 is 0 Å². The molecule has 1 amide bonds. The van der Waals surface area contributed by atoms with Crippen molar-refractivity contribution in [1.29, 1.82) is 0 Å². The molecule has 1 atom stereocenters. The zero-order valence-electron chi connectivity index (χ0n) is 15.9. The highest BCUT2D eigenvalue weighted by molar-refractivity contribution is 7.59. The average Bonchev–Trinajstić information content (AvgIpc) is 2.85. The molecule has 0 spiro atoms. The Morgan fingerprint density at radius 3 is 2.61 bits per heavy atom. The van der Waals surface area contributed by atoms with Gasteiger partial charge in [-0.3, -0.25) is 10.1 Å². The van der Waals surface area contributed by atoms with Gasteiger partial charge in [0.1, 0.15) is 29.2 Å². The molecule has 2 aromatic heterocycles. The number of carbonyl (C=O) groups is 2. The van der Waals surface area contributed by atoms with Gasteiger partial charge >= 0.3 is 12.1 Å². The molecular formula is C16H23N5O6S. The maximum atomic E-state index is 11.8. The highest BCUT2D eigenvalue weighted by atomic mass is 32.1. The van der Waals surface area contributed by atoms with Gasteiger partial charge in [0.15, 0.2) is 5.65 Å². The minimum absolute atomic E-state index is 0. The molecule has 2 rings (SSSR count). The summed E-state index contributed by atoms with van der Waals surface area (Å²) in [5, 5.41) is 22.5. The summed E-state index contributed by atoms with van der Waals surface area (Å²) in [6.07, 6.45) is 0.594. The van der Waals surface area contributed by atoms with E-state index in [2.05, 4.69) is 15.3 Å². The number of nitro groups is 1. The van der Waals surface area contributed by atoms with E-state index in [1.165, 1.54) is 6.07 Å². The number of nitrogens with zero attached hydrogens (tertiary/aromatic N) is 4. The van der Waals surface area contributed by atoms with Crippen LogP contribution in [0.15, 0.2) is 12.3 Å². The summed E-state index contributed by atoms with van der Waals surface area (Å²) in [5.41, 5.74) is -0.135. The van der Waals surface area contributed by atoms with Gasteiger partial charge in [-0.05, 0) is 27.2 Å². The van der Waals surface area contributed by atoms with E-state index in [1.807, 2.05) is 0 Å². The molecule has 0 saturated heterocycles. The molecule has 154 valence electrons. The first-order chi connectivity index (χ1) is 12.5. The summed E-state index contributed by atoms with van der Waals surface area (Å²) in [6, 6.07) is 0.140. The fourth-order valence-corrected chi connectivity index (χ4v) is 2.42. The zero-order valence-corrected chi connectivity index (χ0v) is 16.9. The molecule has 0 aliphatic rings. The fourth-order valence-electron chi connectivity index (χ4n) is 2.42. The van der Waals surface area contributed by atoms with Crippen LogP contribution in [-0.4, -0.2) is 48.3 Å². The number of ether oxygens (including phenoxy) is 1. The van der Waals surface area contributed by atoms with Crippen molar-refractivity contribution in [2.75, 3.05) is 0 Å². The molecule has 1 unspecified atom stereocenters. The molecule has 2 N–H and O–H groups in total. The first kappa shape index (κ1) is 23.1. The number of fused-ring (bicyclic) bond motifs is 1. The zero-order chi connectivity index (χ0) is 20.4. The van der Waals surface area contributed by atoms with E-state index in [0.717, 1.165) is 6.20 Å². The fraction of sp³-hybridized carbons (Fsp3) is 0.500. The third-order valence-electron chi connectivity index (χ3n) is 3.64. The molecule has 11 nitrogen and oxygen atoms in total. The van der Waals surface area contributed by atoms with Crippen molar-refractivity contribution in [3.8, 4) is 0 Å². The van der Waals surface area contributed by atoms with Crippen LogP contribution in [0.1, 0.15) is 33.0 Å². The summed E-state index contributed by atoms with van der Waals surface area (Å²) in [5.74, 6) is -0.705. The van der Waals surface area contributed by atoms with Crippen LogP contribution >= 0.6 is 13.5 Å². The van der Waals surface area contributed by atoms with Crippen LogP contribution in [0.2, 0.25) is 0 Å². The first-order valence-electron chi connectivity index (χ1n) is 8.16. The SMILES string of the molecule is Cn1c(CCC(NC(=O)OC(C)(C)C)C(=O)O)nc2cc([N+](=O)[O-])cnc21.S. The Labute approximate surface area is 167 Å². The topological polar surface area (TPSA) is 149 Å². The van der Waals surface area contributed by atoms with Gasteiger partial charge in [-0.25, -0.2) is 19.6 Å². The van der Waals surface area contributed by atoms with E-state index in [0.29, 0.717) is 17.0 Å². The Bertz CT molecular complexity index is 892. The van der Waals surface area contributed by atoms with Gasteiger partial charge in [-0.15, -0.1) is 0 Å². The second-order valence-corrected chi connectivity index (χ2v) is 6.96. The highest BCUT2D eigenvalue weighted by Crippen LogP contribution is 2.19. The van der Waals surface area contributed by atoms with Crippen LogP contribution in [0.25, 0.3) is 11.2 Å². The number of aromatic nitrogens is 3. The average molecular weight is 413 g/mol. The maximum absolute atomic E-state index is 11.8. The number of aliphatic carboxylic acids is 1. The monoisotopic (exact) mass is 413 g/mol. The molecular weight excluding hydrogens is 390 g/mol. The molecule has 0 radical (unpaired) electrons. The summed E-state index contributed by atoms with van der Waals surface area (Å²) >= 11 is 0. The minimum Gasteiger partial charge on any atom is -0.480 e. The number of carbonyl (C=O) groups excluding carboxylic acids is 1. The Morgan fingerprint density at radius 2 is 2.07 bits per heavy atom. The lowest BCUT2D eigenvalue weighted by Crippen LogP contribution is -2.43. The second-order valence-electron chi connectivity index (χ2n) is 6.96. The maximum Gasteiger partial charge on any atom is 0.408 e. The number of pyridine rings is 1. The third kappa shape index (κ3) is 5.81. The minimum atomic E-state index is -1.20. The lowest BCUT2D eigenvalue weighted by Gasteiger charge is -2.21. The number of hydrogen-bond donors (Lipinski definition) is 2. The number of alkyl carbamates (subject to hydrolysis) is 1. The molecule has 0 aliphatic heterocycles. The van der Waals surface area contributed by atoms with E-state index in [9.17, 15) is 24.8 Å². The number of amides is 1. The molecule has 2 heterocycles. The second kappa shape index (κ2) is 8.87. The third-order valence-corrected chi connectivity index (χ3v) is 3.64. The van der Waals surface area contributed by atoms with Crippen molar-refractivity contribution in [3.63, 3.8) is 0 Å². The van der Waals surface area contributed by atoms with Crippen molar-refractivity contribution in [1.82, 2.24) is 19.9 Å². The molecule has 2 aromatic rings. The standard InChI is InChI=1S/C16H21N5O6.H2S/c1-16(2,3)27-15(24)19-10(14(22)23)5-6-12-18-11-7-9(21(25)26)8-17-13(11)20(12)4;/h7-8,10H,5-6H2,1-4H3,(H,19,24)(H,22,23);1H2. The van der Waals surface area contributed by atoms with E-state index in [1.54, 1.807) is 32.4 Å². The highest BCUT2D eigenvalue weighted by Gasteiger charge is 2.24. The van der Waals surface area contributed by atoms with E-state index in [-0.39, 0.29) is 32.0 Å². The molecule has 0 saturated carbocycles. The summed E-state index contributed by atoms with van der Waals surface area (Å²) in [6.45, 7) is 5.02. The number of nitrogens with one attached hydrogen (secondary N) is 1. The number of hydrogen-bond acceptors (Lipinski definition) is 7. The van der Waals surface area contributed by atoms with Crippen LogP contribution in [0, 0.1) is 10.1 Å². The Kier molecular flexibility index (Phi) is 7.33. The lowest BCUT2D eigenvalue weighted by atomic mass is 10.1. The molecule has 28 heavy (non-hydrogen) atoms. The smallest absolute Gasteiger partial charge is 0.408 e. The number of rotatable bonds is 6. The largest absolute Gasteiger partial charge is 0.480 e. The molecule has 12 heteroatoms. The first-order valence-corrected chi connectivity index (χ1v) is 8.16. The molecule has 0 fully saturated rings. The van der Waals surface area contributed by atoms with Gasteiger partial charge < -0.3 is 19.7 Å². The van der Waals surface area contributed by atoms with Gasteiger partial charge in [0.2, 0.25) is 0 Å². The Hall–Kier alpha value is -2.89. The summed E-state index contributed by atoms with van der Waals surface area (Å²) in [4.78, 5) is 41.8. The van der Waals surface area contributed by atoms with Crippen LogP contribution in [0.3, 0.4) is 0 Å². The van der Waals surface area contributed by atoms with Crippen molar-refractivity contribution in [2.24, 2.45) is 7.05 Å². The van der Waals surface area contributed by atoms with Gasteiger partial charge in [-0.1, -0.05) is 0 Å². The van der Waals surface area contributed by atoms with Crippen LogP contribution < -0.4 is 5.32 Å².